The van der Waals surface area contributed by atoms with Crippen LogP contribution in [0, 0.1) is 6.92 Å². The van der Waals surface area contributed by atoms with E-state index in [2.05, 4.69) is 33.9 Å². The first-order chi connectivity index (χ1) is 13.9. The molecule has 0 fully saturated rings. The van der Waals surface area contributed by atoms with Gasteiger partial charge < -0.3 is 14.5 Å². The summed E-state index contributed by atoms with van der Waals surface area (Å²) in [6.07, 6.45) is 1.67. The second-order valence-electron chi connectivity index (χ2n) is 6.84. The minimum absolute atomic E-state index is 0.105. The summed E-state index contributed by atoms with van der Waals surface area (Å²) in [5.74, 6) is 0.356. The summed E-state index contributed by atoms with van der Waals surface area (Å²) in [6.45, 7) is 6.21. The van der Waals surface area contributed by atoms with Crippen LogP contribution in [-0.2, 0) is 9.53 Å². The van der Waals surface area contributed by atoms with Crippen LogP contribution in [0.2, 0.25) is 0 Å². The number of anilines is 1. The largest absolute Gasteiger partial charge is 0.484 e. The lowest BCUT2D eigenvalue weighted by atomic mass is 9.98. The molecule has 0 bridgehead atoms. The standard InChI is InChI=1S/C21H23N3O4S/c1-12(2)16-6-5-15(7-13(16)3)28-10-19(25)24-21-23-18(11-29-21)14-8-17(22-9-14)20(26)27-4/h5-9,11-12,22H,10H2,1-4H3,(H,23,24,25). The van der Waals surface area contributed by atoms with Gasteiger partial charge in [-0.05, 0) is 42.2 Å². The van der Waals surface area contributed by atoms with E-state index >= 15 is 0 Å². The molecule has 0 spiro atoms. The number of carbonyl (C=O) groups excluding carboxylic acids is 2. The molecule has 3 aromatic rings. The van der Waals surface area contributed by atoms with E-state index in [1.165, 1.54) is 24.0 Å². The van der Waals surface area contributed by atoms with Crippen molar-refractivity contribution in [3.05, 3.63) is 52.7 Å². The predicted octanol–water partition coefficient (Wildman–Crippen LogP) is 4.37. The number of hydrogen-bond donors (Lipinski definition) is 2. The Kier molecular flexibility index (Phi) is 6.33. The van der Waals surface area contributed by atoms with E-state index in [-0.39, 0.29) is 12.5 Å². The molecule has 0 aliphatic carbocycles. The molecule has 3 rings (SSSR count). The highest BCUT2D eigenvalue weighted by Gasteiger charge is 2.13. The Morgan fingerprint density at radius 1 is 1.28 bits per heavy atom. The highest BCUT2D eigenvalue weighted by molar-refractivity contribution is 7.14. The zero-order valence-electron chi connectivity index (χ0n) is 16.7. The number of carbonyl (C=O) groups is 2. The molecule has 0 unspecified atom stereocenters. The number of aryl methyl sites for hydroxylation is 1. The number of H-pyrrole nitrogens is 1. The quantitative estimate of drug-likeness (QED) is 0.561. The van der Waals surface area contributed by atoms with Gasteiger partial charge in [-0.15, -0.1) is 11.3 Å². The summed E-state index contributed by atoms with van der Waals surface area (Å²) >= 11 is 1.30. The van der Waals surface area contributed by atoms with Crippen LogP contribution >= 0.6 is 11.3 Å². The fourth-order valence-corrected chi connectivity index (χ4v) is 3.66. The van der Waals surface area contributed by atoms with E-state index in [0.717, 1.165) is 11.1 Å². The fraction of sp³-hybridized carbons (Fsp3) is 0.286. The lowest BCUT2D eigenvalue weighted by Crippen LogP contribution is -2.20. The number of esters is 1. The van der Waals surface area contributed by atoms with E-state index in [0.29, 0.717) is 28.2 Å². The number of ether oxygens (including phenoxy) is 2. The van der Waals surface area contributed by atoms with Crippen molar-refractivity contribution in [2.24, 2.45) is 0 Å². The van der Waals surface area contributed by atoms with E-state index < -0.39 is 5.97 Å². The molecule has 2 N–H and O–H groups in total. The smallest absolute Gasteiger partial charge is 0.354 e. The molecule has 7 nitrogen and oxygen atoms in total. The van der Waals surface area contributed by atoms with Gasteiger partial charge in [0.25, 0.3) is 5.91 Å². The Hall–Kier alpha value is -3.13. The topological polar surface area (TPSA) is 93.3 Å². The first kappa shape index (κ1) is 20.6. The summed E-state index contributed by atoms with van der Waals surface area (Å²) in [6, 6.07) is 7.50. The average molecular weight is 413 g/mol. The normalized spacial score (nSPS) is 10.8. The molecule has 0 atom stereocenters. The number of amides is 1. The maximum Gasteiger partial charge on any atom is 0.354 e. The van der Waals surface area contributed by atoms with Gasteiger partial charge in [0.15, 0.2) is 11.7 Å². The highest BCUT2D eigenvalue weighted by Crippen LogP contribution is 2.26. The van der Waals surface area contributed by atoms with Crippen LogP contribution in [-0.4, -0.2) is 35.6 Å². The molecule has 0 saturated carbocycles. The number of aromatic nitrogens is 2. The number of hydrogen-bond acceptors (Lipinski definition) is 6. The zero-order chi connectivity index (χ0) is 21.0. The SMILES string of the molecule is COC(=O)c1cc(-c2csc(NC(=O)COc3ccc(C(C)C)c(C)c3)n2)c[nH]1. The Balaban J connectivity index is 1.57. The van der Waals surface area contributed by atoms with Crippen LogP contribution < -0.4 is 10.1 Å². The van der Waals surface area contributed by atoms with E-state index in [4.69, 9.17) is 4.74 Å². The van der Waals surface area contributed by atoms with Gasteiger partial charge >= 0.3 is 5.97 Å². The number of methoxy groups -OCH3 is 1. The molecule has 1 aromatic carbocycles. The van der Waals surface area contributed by atoms with Crippen molar-refractivity contribution >= 4 is 28.3 Å². The number of aromatic amines is 1. The summed E-state index contributed by atoms with van der Waals surface area (Å²) in [5.41, 5.74) is 4.13. The summed E-state index contributed by atoms with van der Waals surface area (Å²) in [4.78, 5) is 30.9. The number of benzene rings is 1. The second-order valence-corrected chi connectivity index (χ2v) is 7.70. The Morgan fingerprint density at radius 3 is 2.76 bits per heavy atom. The molecule has 8 heteroatoms. The third kappa shape index (κ3) is 5.03. The van der Waals surface area contributed by atoms with Crippen molar-refractivity contribution in [3.8, 4) is 17.0 Å². The third-order valence-corrected chi connectivity index (χ3v) is 5.13. The van der Waals surface area contributed by atoms with Crippen molar-refractivity contribution < 1.29 is 19.1 Å². The summed E-state index contributed by atoms with van der Waals surface area (Å²) in [7, 11) is 1.32. The van der Waals surface area contributed by atoms with Crippen LogP contribution in [0.15, 0.2) is 35.8 Å². The summed E-state index contributed by atoms with van der Waals surface area (Å²) < 4.78 is 10.3. The van der Waals surface area contributed by atoms with Crippen molar-refractivity contribution in [2.45, 2.75) is 26.7 Å². The third-order valence-electron chi connectivity index (χ3n) is 4.37. The lowest BCUT2D eigenvalue weighted by molar-refractivity contribution is -0.118. The van der Waals surface area contributed by atoms with E-state index in [9.17, 15) is 9.59 Å². The Bertz CT molecular complexity index is 1020. The van der Waals surface area contributed by atoms with Crippen LogP contribution in [0.25, 0.3) is 11.3 Å². The van der Waals surface area contributed by atoms with Gasteiger partial charge in [0.1, 0.15) is 11.4 Å². The molecule has 2 heterocycles. The number of rotatable bonds is 7. The van der Waals surface area contributed by atoms with Crippen LogP contribution in [0.5, 0.6) is 5.75 Å². The first-order valence-electron chi connectivity index (χ1n) is 9.13. The zero-order valence-corrected chi connectivity index (χ0v) is 17.6. The molecule has 0 aliphatic heterocycles. The first-order valence-corrected chi connectivity index (χ1v) is 10.0. The molecule has 0 saturated heterocycles. The molecule has 0 aliphatic rings. The van der Waals surface area contributed by atoms with Crippen LogP contribution in [0.3, 0.4) is 0 Å². The van der Waals surface area contributed by atoms with Crippen molar-refractivity contribution in [3.63, 3.8) is 0 Å². The maximum atomic E-state index is 12.2. The van der Waals surface area contributed by atoms with E-state index in [1.807, 2.05) is 25.1 Å². The van der Waals surface area contributed by atoms with Crippen molar-refractivity contribution in [2.75, 3.05) is 19.0 Å². The van der Waals surface area contributed by atoms with Crippen LogP contribution in [0.4, 0.5) is 5.13 Å². The molecular formula is C21H23N3O4S. The monoisotopic (exact) mass is 413 g/mol. The maximum absolute atomic E-state index is 12.2. The minimum Gasteiger partial charge on any atom is -0.484 e. The average Bonchev–Trinajstić information content (AvgIpc) is 3.35. The van der Waals surface area contributed by atoms with Gasteiger partial charge in [0.2, 0.25) is 0 Å². The Morgan fingerprint density at radius 2 is 2.07 bits per heavy atom. The Labute approximate surface area is 173 Å². The van der Waals surface area contributed by atoms with Gasteiger partial charge in [-0.2, -0.15) is 0 Å². The van der Waals surface area contributed by atoms with Gasteiger partial charge in [0, 0.05) is 17.1 Å². The van der Waals surface area contributed by atoms with E-state index in [1.54, 1.807) is 17.6 Å². The van der Waals surface area contributed by atoms with Gasteiger partial charge in [-0.1, -0.05) is 19.9 Å². The number of nitrogens with zero attached hydrogens (tertiary/aromatic N) is 1. The molecule has 2 aromatic heterocycles. The molecule has 1 amide bonds. The van der Waals surface area contributed by atoms with Gasteiger partial charge in [0.05, 0.1) is 12.8 Å². The molecule has 29 heavy (non-hydrogen) atoms. The second kappa shape index (κ2) is 8.91. The molecule has 152 valence electrons. The van der Waals surface area contributed by atoms with Gasteiger partial charge in [-0.3, -0.25) is 10.1 Å². The highest BCUT2D eigenvalue weighted by atomic mass is 32.1. The number of thiazole rings is 1. The number of nitrogens with one attached hydrogen (secondary N) is 2. The minimum atomic E-state index is -0.450. The summed E-state index contributed by atoms with van der Waals surface area (Å²) in [5, 5.41) is 4.99. The fourth-order valence-electron chi connectivity index (χ4n) is 2.92. The molecule has 0 radical (unpaired) electrons. The van der Waals surface area contributed by atoms with Crippen LogP contribution in [0.1, 0.15) is 41.4 Å². The van der Waals surface area contributed by atoms with Crippen molar-refractivity contribution in [1.29, 1.82) is 0 Å². The molecular weight excluding hydrogens is 390 g/mol. The predicted molar refractivity (Wildman–Crippen MR) is 113 cm³/mol. The van der Waals surface area contributed by atoms with Gasteiger partial charge in [-0.25, -0.2) is 9.78 Å². The van der Waals surface area contributed by atoms with Crippen molar-refractivity contribution in [1.82, 2.24) is 9.97 Å². The lowest BCUT2D eigenvalue weighted by Gasteiger charge is -2.12.